The Morgan fingerprint density at radius 3 is 1.88 bits per heavy atom. The average Bonchev–Trinajstić information content (AvgIpc) is 2.63. The van der Waals surface area contributed by atoms with Gasteiger partial charge in [-0.05, 0) is 43.4 Å². The summed E-state index contributed by atoms with van der Waals surface area (Å²) in [5.74, 6) is 0. The van der Waals surface area contributed by atoms with Gasteiger partial charge in [-0.2, -0.15) is 0 Å². The number of aliphatic hydroxyl groups excluding tert-OH is 2. The molecule has 0 saturated carbocycles. The second-order valence-corrected chi connectivity index (χ2v) is 6.96. The van der Waals surface area contributed by atoms with Crippen molar-refractivity contribution in [3.8, 4) is 0 Å². The zero-order valence-corrected chi connectivity index (χ0v) is 15.7. The number of benzene rings is 1. The van der Waals surface area contributed by atoms with Crippen molar-refractivity contribution in [3.63, 3.8) is 0 Å². The molecule has 0 aromatic heterocycles. The topological polar surface area (TPSA) is 52.5 Å². The number of hydrogen-bond donors (Lipinski definition) is 3. The molecule has 0 atom stereocenters. The summed E-state index contributed by atoms with van der Waals surface area (Å²) in [6.45, 7) is 4.93. The van der Waals surface area contributed by atoms with Crippen LogP contribution in [0.5, 0.6) is 0 Å². The van der Waals surface area contributed by atoms with Crippen LogP contribution in [0.25, 0.3) is 0 Å². The minimum Gasteiger partial charge on any atom is -0.394 e. The van der Waals surface area contributed by atoms with Crippen LogP contribution in [0.4, 0.5) is 0 Å². The SMILES string of the molecule is CCCCCCCCc1ccc(CCC(CO)(CO)NCC)cc1. The second kappa shape index (κ2) is 12.5. The van der Waals surface area contributed by atoms with Crippen LogP contribution < -0.4 is 5.32 Å². The van der Waals surface area contributed by atoms with Crippen molar-refractivity contribution in [3.05, 3.63) is 35.4 Å². The third-order valence-corrected chi connectivity index (χ3v) is 4.89. The molecular formula is C21H37NO2. The van der Waals surface area contributed by atoms with Crippen molar-refractivity contribution >= 4 is 0 Å². The summed E-state index contributed by atoms with van der Waals surface area (Å²) in [5.41, 5.74) is 2.12. The van der Waals surface area contributed by atoms with E-state index in [1.54, 1.807) is 0 Å². The van der Waals surface area contributed by atoms with E-state index in [2.05, 4.69) is 36.5 Å². The molecular weight excluding hydrogens is 298 g/mol. The Labute approximate surface area is 148 Å². The van der Waals surface area contributed by atoms with Gasteiger partial charge in [0.2, 0.25) is 0 Å². The predicted octanol–water partition coefficient (Wildman–Crippen LogP) is 3.86. The zero-order valence-electron chi connectivity index (χ0n) is 15.7. The van der Waals surface area contributed by atoms with E-state index in [-0.39, 0.29) is 13.2 Å². The number of unbranched alkanes of at least 4 members (excludes halogenated alkanes) is 5. The summed E-state index contributed by atoms with van der Waals surface area (Å²) in [4.78, 5) is 0. The molecule has 1 aromatic rings. The average molecular weight is 336 g/mol. The van der Waals surface area contributed by atoms with Crippen LogP contribution in [-0.2, 0) is 12.8 Å². The second-order valence-electron chi connectivity index (χ2n) is 6.96. The van der Waals surface area contributed by atoms with Crippen molar-refractivity contribution < 1.29 is 10.2 Å². The molecule has 0 radical (unpaired) electrons. The first kappa shape index (κ1) is 21.1. The molecule has 3 N–H and O–H groups in total. The van der Waals surface area contributed by atoms with Gasteiger partial charge in [0, 0.05) is 0 Å². The van der Waals surface area contributed by atoms with Crippen LogP contribution in [0.2, 0.25) is 0 Å². The molecule has 0 unspecified atom stereocenters. The van der Waals surface area contributed by atoms with Gasteiger partial charge in [-0.25, -0.2) is 0 Å². The van der Waals surface area contributed by atoms with E-state index in [0.717, 1.165) is 19.4 Å². The van der Waals surface area contributed by atoms with Crippen molar-refractivity contribution in [1.29, 1.82) is 0 Å². The Kier molecular flexibility index (Phi) is 11.0. The maximum atomic E-state index is 9.58. The van der Waals surface area contributed by atoms with Gasteiger partial charge in [-0.3, -0.25) is 0 Å². The number of likely N-dealkylation sites (N-methyl/N-ethyl adjacent to an activating group) is 1. The predicted molar refractivity (Wildman–Crippen MR) is 102 cm³/mol. The quantitative estimate of drug-likeness (QED) is 0.453. The van der Waals surface area contributed by atoms with Crippen LogP contribution in [-0.4, -0.2) is 35.5 Å². The standard InChI is InChI=1S/C21H37NO2/c1-3-5-6-7-8-9-10-19-11-13-20(14-12-19)15-16-21(17-23,18-24)22-4-2/h11-14,22-24H,3-10,15-18H2,1-2H3. The first-order valence-electron chi connectivity index (χ1n) is 9.74. The minimum atomic E-state index is -0.564. The van der Waals surface area contributed by atoms with Gasteiger partial charge in [-0.15, -0.1) is 0 Å². The smallest absolute Gasteiger partial charge is 0.0651 e. The van der Waals surface area contributed by atoms with Crippen LogP contribution in [0, 0.1) is 0 Å². The molecule has 0 heterocycles. The molecule has 0 bridgehead atoms. The highest BCUT2D eigenvalue weighted by Crippen LogP contribution is 2.16. The molecule has 3 heteroatoms. The molecule has 0 aliphatic heterocycles. The van der Waals surface area contributed by atoms with Gasteiger partial charge in [-0.1, -0.05) is 70.2 Å². The zero-order chi connectivity index (χ0) is 17.7. The number of hydrogen-bond acceptors (Lipinski definition) is 3. The van der Waals surface area contributed by atoms with E-state index in [4.69, 9.17) is 0 Å². The van der Waals surface area contributed by atoms with Gasteiger partial charge >= 0.3 is 0 Å². The third kappa shape index (κ3) is 7.78. The molecule has 1 rings (SSSR count). The summed E-state index contributed by atoms with van der Waals surface area (Å²) in [6.07, 6.45) is 10.8. The van der Waals surface area contributed by atoms with Gasteiger partial charge in [0.25, 0.3) is 0 Å². The number of nitrogens with one attached hydrogen (secondary N) is 1. The van der Waals surface area contributed by atoms with E-state index in [1.165, 1.54) is 56.1 Å². The fourth-order valence-corrected chi connectivity index (χ4v) is 3.15. The molecule has 0 spiro atoms. The highest BCUT2D eigenvalue weighted by atomic mass is 16.3. The van der Waals surface area contributed by atoms with Crippen LogP contribution in [0.1, 0.15) is 69.9 Å². The van der Waals surface area contributed by atoms with E-state index in [0.29, 0.717) is 0 Å². The molecule has 0 amide bonds. The third-order valence-electron chi connectivity index (χ3n) is 4.89. The Balaban J connectivity index is 2.36. The lowest BCUT2D eigenvalue weighted by Crippen LogP contribution is -2.52. The molecule has 24 heavy (non-hydrogen) atoms. The molecule has 0 saturated heterocycles. The molecule has 0 aliphatic rings. The fraction of sp³-hybridized carbons (Fsp3) is 0.714. The Hall–Kier alpha value is -0.900. The van der Waals surface area contributed by atoms with Crippen molar-refractivity contribution in [2.45, 2.75) is 77.2 Å². The summed E-state index contributed by atoms with van der Waals surface area (Å²) >= 11 is 0. The molecule has 0 aliphatic carbocycles. The summed E-state index contributed by atoms with van der Waals surface area (Å²) in [5, 5.41) is 22.4. The lowest BCUT2D eigenvalue weighted by molar-refractivity contribution is 0.0858. The lowest BCUT2D eigenvalue weighted by Gasteiger charge is -2.30. The van der Waals surface area contributed by atoms with Crippen LogP contribution in [0.15, 0.2) is 24.3 Å². The van der Waals surface area contributed by atoms with Gasteiger partial charge in [0.1, 0.15) is 0 Å². The molecule has 3 nitrogen and oxygen atoms in total. The fourth-order valence-electron chi connectivity index (χ4n) is 3.15. The van der Waals surface area contributed by atoms with Gasteiger partial charge < -0.3 is 15.5 Å². The van der Waals surface area contributed by atoms with E-state index >= 15 is 0 Å². The molecule has 1 aromatic carbocycles. The van der Waals surface area contributed by atoms with E-state index < -0.39 is 5.54 Å². The first-order chi connectivity index (χ1) is 11.7. The molecule has 138 valence electrons. The Bertz CT molecular complexity index is 412. The molecule has 0 fully saturated rings. The summed E-state index contributed by atoms with van der Waals surface area (Å²) in [7, 11) is 0. The lowest BCUT2D eigenvalue weighted by atomic mass is 9.92. The van der Waals surface area contributed by atoms with Gasteiger partial charge in [0.15, 0.2) is 0 Å². The number of rotatable bonds is 14. The van der Waals surface area contributed by atoms with Crippen molar-refractivity contribution in [2.75, 3.05) is 19.8 Å². The largest absolute Gasteiger partial charge is 0.394 e. The summed E-state index contributed by atoms with van der Waals surface area (Å²) in [6, 6.07) is 8.85. The number of aryl methyl sites for hydroxylation is 2. The van der Waals surface area contributed by atoms with Gasteiger partial charge in [0.05, 0.1) is 18.8 Å². The maximum absolute atomic E-state index is 9.58. The summed E-state index contributed by atoms with van der Waals surface area (Å²) < 4.78 is 0. The van der Waals surface area contributed by atoms with Crippen molar-refractivity contribution in [2.24, 2.45) is 0 Å². The van der Waals surface area contributed by atoms with E-state index in [1.807, 2.05) is 6.92 Å². The maximum Gasteiger partial charge on any atom is 0.0651 e. The minimum absolute atomic E-state index is 0.0343. The monoisotopic (exact) mass is 335 g/mol. The number of aliphatic hydroxyl groups is 2. The van der Waals surface area contributed by atoms with E-state index in [9.17, 15) is 10.2 Å². The highest BCUT2D eigenvalue weighted by molar-refractivity contribution is 5.23. The Morgan fingerprint density at radius 2 is 1.33 bits per heavy atom. The Morgan fingerprint density at radius 1 is 0.792 bits per heavy atom. The van der Waals surface area contributed by atoms with Crippen molar-refractivity contribution in [1.82, 2.24) is 5.32 Å². The normalized spacial score (nSPS) is 11.8. The first-order valence-corrected chi connectivity index (χ1v) is 9.74. The van der Waals surface area contributed by atoms with Crippen LogP contribution in [0.3, 0.4) is 0 Å². The highest BCUT2D eigenvalue weighted by Gasteiger charge is 2.26. The van der Waals surface area contributed by atoms with Crippen LogP contribution >= 0.6 is 0 Å².